The van der Waals surface area contributed by atoms with Crippen LogP contribution in [0.2, 0.25) is 0 Å². The van der Waals surface area contributed by atoms with E-state index in [9.17, 15) is 13.2 Å². The van der Waals surface area contributed by atoms with Crippen molar-refractivity contribution < 1.29 is 13.2 Å². The zero-order valence-corrected chi connectivity index (χ0v) is 14.6. The average molecular weight is 344 g/mol. The highest BCUT2D eigenvalue weighted by Crippen LogP contribution is 2.29. The van der Waals surface area contributed by atoms with Gasteiger partial charge in [-0.05, 0) is 55.7 Å². The molecular weight excluding hydrogens is 324 g/mol. The molecule has 0 spiro atoms. The van der Waals surface area contributed by atoms with E-state index < -0.39 is 10.0 Å². The van der Waals surface area contributed by atoms with E-state index in [0.29, 0.717) is 18.7 Å². The van der Waals surface area contributed by atoms with E-state index in [4.69, 9.17) is 0 Å². The molecule has 1 N–H and O–H groups in total. The molecule has 1 aliphatic rings. The van der Waals surface area contributed by atoms with E-state index in [0.717, 1.165) is 23.2 Å². The number of hydrogen-bond acceptors (Lipinski definition) is 3. The van der Waals surface area contributed by atoms with Crippen molar-refractivity contribution >= 4 is 27.3 Å². The first-order chi connectivity index (χ1) is 11.4. The van der Waals surface area contributed by atoms with Crippen LogP contribution in [0.3, 0.4) is 0 Å². The summed E-state index contributed by atoms with van der Waals surface area (Å²) in [6, 6.07) is 12.0. The molecule has 0 atom stereocenters. The molecule has 3 rings (SSSR count). The van der Waals surface area contributed by atoms with Crippen molar-refractivity contribution in [3.05, 3.63) is 53.6 Å². The number of sulfonamides is 1. The lowest BCUT2D eigenvalue weighted by molar-refractivity contribution is -0.117. The van der Waals surface area contributed by atoms with Crippen LogP contribution in [0.15, 0.2) is 47.4 Å². The first-order valence-electron chi connectivity index (χ1n) is 7.87. The summed E-state index contributed by atoms with van der Waals surface area (Å²) in [6.45, 7) is 4.44. The van der Waals surface area contributed by atoms with Crippen molar-refractivity contribution in [1.82, 2.24) is 0 Å². The maximum Gasteiger partial charge on any atom is 0.261 e. The lowest BCUT2D eigenvalue weighted by Gasteiger charge is -2.19. The van der Waals surface area contributed by atoms with Crippen molar-refractivity contribution in [1.29, 1.82) is 0 Å². The largest absolute Gasteiger partial charge is 0.312 e. The monoisotopic (exact) mass is 344 g/mol. The highest BCUT2D eigenvalue weighted by molar-refractivity contribution is 7.92. The molecule has 5 nitrogen and oxygen atoms in total. The molecule has 0 bridgehead atoms. The summed E-state index contributed by atoms with van der Waals surface area (Å²) in [4.78, 5) is 13.9. The van der Waals surface area contributed by atoms with Crippen LogP contribution >= 0.6 is 0 Å². The van der Waals surface area contributed by atoms with Gasteiger partial charge in [0.1, 0.15) is 0 Å². The first kappa shape index (κ1) is 16.5. The van der Waals surface area contributed by atoms with Gasteiger partial charge in [0, 0.05) is 18.7 Å². The maximum absolute atomic E-state index is 12.5. The molecular formula is C18H20N2O3S. The lowest BCUT2D eigenvalue weighted by Crippen LogP contribution is -2.24. The molecule has 0 unspecified atom stereocenters. The number of benzene rings is 2. The molecule has 0 aromatic heterocycles. The van der Waals surface area contributed by atoms with Crippen LogP contribution in [0.4, 0.5) is 11.4 Å². The third-order valence-corrected chi connectivity index (χ3v) is 5.50. The van der Waals surface area contributed by atoms with Crippen LogP contribution in [0.25, 0.3) is 0 Å². The van der Waals surface area contributed by atoms with E-state index >= 15 is 0 Å². The van der Waals surface area contributed by atoms with Gasteiger partial charge in [-0.25, -0.2) is 8.42 Å². The number of anilines is 2. The Hall–Kier alpha value is -2.34. The van der Waals surface area contributed by atoms with E-state index in [1.54, 1.807) is 35.2 Å². The standard InChI is InChI=1S/C18H20N2O3S/c1-13-5-3-6-16(11-13)24(22,23)19-15-9-8-14(2)17(12-15)20-10-4-7-18(20)21/h3,5-6,8-9,11-12,19H,4,7,10H2,1-2H3. The number of nitrogens with one attached hydrogen (secondary N) is 1. The fourth-order valence-corrected chi connectivity index (χ4v) is 4.02. The Morgan fingerprint density at radius 1 is 1.08 bits per heavy atom. The van der Waals surface area contributed by atoms with E-state index in [-0.39, 0.29) is 10.8 Å². The molecule has 1 fully saturated rings. The summed E-state index contributed by atoms with van der Waals surface area (Å²) in [5.41, 5.74) is 3.05. The molecule has 126 valence electrons. The minimum Gasteiger partial charge on any atom is -0.312 e. The summed E-state index contributed by atoms with van der Waals surface area (Å²) < 4.78 is 27.7. The molecule has 0 radical (unpaired) electrons. The average Bonchev–Trinajstić information content (AvgIpc) is 2.95. The summed E-state index contributed by atoms with van der Waals surface area (Å²) in [5, 5.41) is 0. The van der Waals surface area contributed by atoms with Gasteiger partial charge in [0.15, 0.2) is 0 Å². The fraction of sp³-hybridized carbons (Fsp3) is 0.278. The molecule has 0 aliphatic carbocycles. The summed E-state index contributed by atoms with van der Waals surface area (Å²) >= 11 is 0. The van der Waals surface area contributed by atoms with Crippen LogP contribution in [-0.4, -0.2) is 20.9 Å². The van der Waals surface area contributed by atoms with Gasteiger partial charge in [-0.1, -0.05) is 18.2 Å². The Morgan fingerprint density at radius 3 is 2.54 bits per heavy atom. The number of hydrogen-bond donors (Lipinski definition) is 1. The minimum atomic E-state index is -3.66. The summed E-state index contributed by atoms with van der Waals surface area (Å²) in [7, 11) is -3.66. The smallest absolute Gasteiger partial charge is 0.261 e. The van der Waals surface area contributed by atoms with Gasteiger partial charge in [-0.3, -0.25) is 9.52 Å². The second-order valence-corrected chi connectivity index (χ2v) is 7.75. The second kappa shape index (κ2) is 6.28. The predicted octanol–water partition coefficient (Wildman–Crippen LogP) is 3.23. The molecule has 1 amide bonds. The Kier molecular flexibility index (Phi) is 4.32. The number of carbonyl (C=O) groups is 1. The fourth-order valence-electron chi connectivity index (χ4n) is 2.86. The van der Waals surface area contributed by atoms with E-state index in [1.807, 2.05) is 26.0 Å². The molecule has 2 aromatic carbocycles. The van der Waals surface area contributed by atoms with Crippen LogP contribution in [0.5, 0.6) is 0 Å². The van der Waals surface area contributed by atoms with Crippen molar-refractivity contribution in [2.45, 2.75) is 31.6 Å². The van der Waals surface area contributed by atoms with Gasteiger partial charge in [0.05, 0.1) is 10.6 Å². The maximum atomic E-state index is 12.5. The van der Waals surface area contributed by atoms with Gasteiger partial charge in [0.2, 0.25) is 5.91 Å². The van der Waals surface area contributed by atoms with Gasteiger partial charge in [-0.2, -0.15) is 0 Å². The third-order valence-electron chi connectivity index (χ3n) is 4.13. The minimum absolute atomic E-state index is 0.0804. The Balaban J connectivity index is 1.92. The first-order valence-corrected chi connectivity index (χ1v) is 9.36. The highest BCUT2D eigenvalue weighted by atomic mass is 32.2. The van der Waals surface area contributed by atoms with Crippen LogP contribution in [0.1, 0.15) is 24.0 Å². The molecule has 1 aliphatic heterocycles. The normalized spacial score (nSPS) is 14.9. The van der Waals surface area contributed by atoms with Crippen LogP contribution < -0.4 is 9.62 Å². The highest BCUT2D eigenvalue weighted by Gasteiger charge is 2.24. The van der Waals surface area contributed by atoms with Gasteiger partial charge < -0.3 is 4.90 Å². The Labute approximate surface area is 142 Å². The molecule has 1 heterocycles. The third kappa shape index (κ3) is 3.28. The number of aryl methyl sites for hydroxylation is 2. The second-order valence-electron chi connectivity index (χ2n) is 6.07. The predicted molar refractivity (Wildman–Crippen MR) is 94.8 cm³/mol. The zero-order chi connectivity index (χ0) is 17.3. The van der Waals surface area contributed by atoms with Crippen molar-refractivity contribution in [2.24, 2.45) is 0 Å². The molecule has 2 aromatic rings. The van der Waals surface area contributed by atoms with Crippen molar-refractivity contribution in [3.8, 4) is 0 Å². The quantitative estimate of drug-likeness (QED) is 0.926. The van der Waals surface area contributed by atoms with E-state index in [1.165, 1.54) is 0 Å². The van der Waals surface area contributed by atoms with Gasteiger partial charge in [-0.15, -0.1) is 0 Å². The number of nitrogens with zero attached hydrogens (tertiary/aromatic N) is 1. The van der Waals surface area contributed by atoms with Gasteiger partial charge >= 0.3 is 0 Å². The Morgan fingerprint density at radius 2 is 1.88 bits per heavy atom. The summed E-state index contributed by atoms with van der Waals surface area (Å²) in [6.07, 6.45) is 1.37. The lowest BCUT2D eigenvalue weighted by atomic mass is 10.1. The number of carbonyl (C=O) groups excluding carboxylic acids is 1. The molecule has 0 saturated carbocycles. The molecule has 24 heavy (non-hydrogen) atoms. The zero-order valence-electron chi connectivity index (χ0n) is 13.7. The number of rotatable bonds is 4. The van der Waals surface area contributed by atoms with Crippen molar-refractivity contribution in [3.63, 3.8) is 0 Å². The van der Waals surface area contributed by atoms with Gasteiger partial charge in [0.25, 0.3) is 10.0 Å². The number of amides is 1. The molecule has 1 saturated heterocycles. The SMILES string of the molecule is Cc1cccc(S(=O)(=O)Nc2ccc(C)c(N3CCCC3=O)c2)c1. The van der Waals surface area contributed by atoms with Crippen LogP contribution in [0, 0.1) is 13.8 Å². The summed E-state index contributed by atoms with van der Waals surface area (Å²) in [5.74, 6) is 0.0804. The molecule has 6 heteroatoms. The Bertz CT molecular complexity index is 891. The topological polar surface area (TPSA) is 66.5 Å². The van der Waals surface area contributed by atoms with Crippen LogP contribution in [-0.2, 0) is 14.8 Å². The van der Waals surface area contributed by atoms with E-state index in [2.05, 4.69) is 4.72 Å². The van der Waals surface area contributed by atoms with Crippen molar-refractivity contribution in [2.75, 3.05) is 16.2 Å².